The van der Waals surface area contributed by atoms with Gasteiger partial charge < -0.3 is 9.47 Å². The van der Waals surface area contributed by atoms with Gasteiger partial charge in [-0.25, -0.2) is 8.78 Å². The number of ether oxygens (including phenoxy) is 2. The molecule has 194 valence electrons. The van der Waals surface area contributed by atoms with Crippen LogP contribution < -0.4 is 4.74 Å². The molecule has 0 amide bonds. The number of benzene rings is 2. The molecule has 0 radical (unpaired) electrons. The monoisotopic (exact) mass is 527 g/mol. The van der Waals surface area contributed by atoms with Gasteiger partial charge in [0.25, 0.3) is 0 Å². The fraction of sp³-hybridized carbons (Fsp3) is 0.385. The van der Waals surface area contributed by atoms with E-state index < -0.39 is 46.6 Å². The quantitative estimate of drug-likeness (QED) is 0.225. The topological polar surface area (TPSA) is 48.4 Å². The van der Waals surface area contributed by atoms with E-state index >= 15 is 0 Å². The summed E-state index contributed by atoms with van der Waals surface area (Å²) in [7, 11) is 0. The molecule has 1 heterocycles. The lowest BCUT2D eigenvalue weighted by Crippen LogP contribution is -2.24. The van der Waals surface area contributed by atoms with Crippen molar-refractivity contribution in [3.8, 4) is 17.0 Å². The molecule has 2 aromatic carbocycles. The number of aromatic nitrogens is 1. The maximum atomic E-state index is 14.7. The Morgan fingerprint density at radius 3 is 2.14 bits per heavy atom. The van der Waals surface area contributed by atoms with Gasteiger partial charge in [0.15, 0.2) is 17.4 Å². The second-order valence-corrected chi connectivity index (χ2v) is 9.92. The zero-order chi connectivity index (χ0) is 26.7. The summed E-state index contributed by atoms with van der Waals surface area (Å²) in [4.78, 5) is 10.9. The van der Waals surface area contributed by atoms with Crippen molar-refractivity contribution in [1.29, 1.82) is 0 Å². The molecule has 0 unspecified atom stereocenters. The molecular weight excluding hydrogens is 501 g/mol. The molecule has 0 N–H and O–H groups in total. The molecule has 1 aromatic heterocycles. The number of aryl methyl sites for hydroxylation is 2. The Morgan fingerprint density at radius 2 is 1.61 bits per heavy atom. The van der Waals surface area contributed by atoms with Gasteiger partial charge >= 0.3 is 12.1 Å². The number of rotatable bonds is 8. The molecule has 10 heteroatoms. The lowest BCUT2D eigenvalue weighted by Gasteiger charge is -2.19. The van der Waals surface area contributed by atoms with E-state index in [-0.39, 0.29) is 41.2 Å². The first-order chi connectivity index (χ1) is 16.8. The first-order valence-electron chi connectivity index (χ1n) is 11.3. The molecule has 0 aliphatic carbocycles. The lowest BCUT2D eigenvalue weighted by atomic mass is 10.0. The molecule has 0 saturated carbocycles. The van der Waals surface area contributed by atoms with Crippen LogP contribution in [0.25, 0.3) is 11.3 Å². The van der Waals surface area contributed by atoms with Crippen molar-refractivity contribution in [2.24, 2.45) is 0 Å². The molecule has 3 rings (SSSR count). The number of esters is 1. The third kappa shape index (κ3) is 7.02. The van der Waals surface area contributed by atoms with Crippen molar-refractivity contribution in [3.05, 3.63) is 69.6 Å². The number of nitrogens with zero attached hydrogens (tertiary/aromatic N) is 1. The second-order valence-electron chi connectivity index (χ2n) is 9.15. The van der Waals surface area contributed by atoms with E-state index in [2.05, 4.69) is 4.37 Å². The summed E-state index contributed by atoms with van der Waals surface area (Å²) in [6.45, 7) is 6.33. The first-order valence-corrected chi connectivity index (χ1v) is 12.0. The van der Waals surface area contributed by atoms with Crippen molar-refractivity contribution >= 4 is 17.5 Å². The van der Waals surface area contributed by atoms with Crippen molar-refractivity contribution in [3.63, 3.8) is 0 Å². The van der Waals surface area contributed by atoms with Crippen molar-refractivity contribution in [2.45, 2.75) is 65.3 Å². The van der Waals surface area contributed by atoms with Gasteiger partial charge in [0, 0.05) is 17.5 Å². The lowest BCUT2D eigenvalue weighted by molar-refractivity contribution is -0.154. The maximum absolute atomic E-state index is 14.7. The summed E-state index contributed by atoms with van der Waals surface area (Å²) in [6.07, 6.45) is -4.02. The molecule has 0 aliphatic rings. The summed E-state index contributed by atoms with van der Waals surface area (Å²) >= 11 is 0.261. The predicted octanol–water partition coefficient (Wildman–Crippen LogP) is 7.52. The zero-order valence-corrected chi connectivity index (χ0v) is 21.1. The molecule has 0 bridgehead atoms. The van der Waals surface area contributed by atoms with E-state index in [9.17, 15) is 26.7 Å². The highest BCUT2D eigenvalue weighted by atomic mass is 32.1. The summed E-state index contributed by atoms with van der Waals surface area (Å²) in [5.41, 5.74) is 0.686. The van der Waals surface area contributed by atoms with Crippen LogP contribution in [0.1, 0.15) is 55.7 Å². The van der Waals surface area contributed by atoms with Crippen LogP contribution in [0.2, 0.25) is 0 Å². The third-order valence-electron chi connectivity index (χ3n) is 5.14. The SMILES string of the molecule is CCc1ccc(-c2nsc(C(F)(F)F)c2COc2c(F)cc(CCC(=O)OC(C)(C)C)cc2F)cc1. The fourth-order valence-corrected chi connectivity index (χ4v) is 4.24. The predicted molar refractivity (Wildman–Crippen MR) is 127 cm³/mol. The highest BCUT2D eigenvalue weighted by molar-refractivity contribution is 7.06. The summed E-state index contributed by atoms with van der Waals surface area (Å²) in [5.74, 6) is -3.49. The average molecular weight is 528 g/mol. The highest BCUT2D eigenvalue weighted by Crippen LogP contribution is 2.40. The van der Waals surface area contributed by atoms with Crippen LogP contribution in [-0.2, 0) is 35.2 Å². The Hall–Kier alpha value is -3.01. The number of carbonyl (C=O) groups is 1. The Kier molecular flexibility index (Phi) is 8.38. The number of carbonyl (C=O) groups excluding carboxylic acids is 1. The smallest absolute Gasteiger partial charge is 0.427 e. The average Bonchev–Trinajstić information content (AvgIpc) is 3.20. The van der Waals surface area contributed by atoms with E-state index in [1.807, 2.05) is 6.92 Å². The molecule has 0 saturated heterocycles. The third-order valence-corrected chi connectivity index (χ3v) is 6.07. The minimum atomic E-state index is -4.71. The van der Waals surface area contributed by atoms with Crippen LogP contribution in [0.5, 0.6) is 5.75 Å². The van der Waals surface area contributed by atoms with Crippen LogP contribution in [0, 0.1) is 11.6 Å². The standard InChI is InChI=1S/C26H26F5NO3S/c1-5-15-6-9-17(10-7-15)22-18(24(36-32-22)26(29,30)31)14-34-23-19(27)12-16(13-20(23)28)8-11-21(33)35-25(2,3)4/h6-7,9-10,12-13H,5,8,11,14H2,1-4H3. The number of halogens is 5. The fourth-order valence-electron chi connectivity index (χ4n) is 3.47. The van der Waals surface area contributed by atoms with Gasteiger partial charge in [-0.05, 0) is 68.4 Å². The van der Waals surface area contributed by atoms with Crippen molar-refractivity contribution in [2.75, 3.05) is 0 Å². The van der Waals surface area contributed by atoms with Crippen molar-refractivity contribution in [1.82, 2.24) is 4.37 Å². The van der Waals surface area contributed by atoms with Crippen LogP contribution in [-0.4, -0.2) is 15.9 Å². The molecule has 0 spiro atoms. The van der Waals surface area contributed by atoms with Gasteiger partial charge in [-0.2, -0.15) is 17.5 Å². The normalized spacial score (nSPS) is 12.0. The van der Waals surface area contributed by atoms with E-state index in [0.717, 1.165) is 24.1 Å². The Morgan fingerprint density at radius 1 is 1.00 bits per heavy atom. The van der Waals surface area contributed by atoms with Crippen LogP contribution in [0.15, 0.2) is 36.4 Å². The van der Waals surface area contributed by atoms with Crippen LogP contribution in [0.4, 0.5) is 22.0 Å². The van der Waals surface area contributed by atoms with Crippen LogP contribution in [0.3, 0.4) is 0 Å². The Labute approximate surface area is 210 Å². The summed E-state index contributed by atoms with van der Waals surface area (Å²) in [5, 5.41) is 0. The number of alkyl halides is 3. The van der Waals surface area contributed by atoms with Crippen molar-refractivity contribution < 1.29 is 36.2 Å². The summed E-state index contributed by atoms with van der Waals surface area (Å²) in [6, 6.07) is 8.84. The van der Waals surface area contributed by atoms with E-state index in [0.29, 0.717) is 5.56 Å². The van der Waals surface area contributed by atoms with Gasteiger partial charge in [-0.1, -0.05) is 31.2 Å². The molecule has 0 aliphatic heterocycles. The molecule has 3 aromatic rings. The van der Waals surface area contributed by atoms with Gasteiger partial charge in [0.05, 0.1) is 5.69 Å². The minimum Gasteiger partial charge on any atom is -0.483 e. The van der Waals surface area contributed by atoms with E-state index in [4.69, 9.17) is 9.47 Å². The summed E-state index contributed by atoms with van der Waals surface area (Å²) < 4.78 is 84.5. The second kappa shape index (κ2) is 10.9. The van der Waals surface area contributed by atoms with Gasteiger partial charge in [0.1, 0.15) is 17.1 Å². The molecular formula is C26H26F5NO3S. The Balaban J connectivity index is 1.81. The molecule has 36 heavy (non-hydrogen) atoms. The minimum absolute atomic E-state index is 0.0214. The van der Waals surface area contributed by atoms with Gasteiger partial charge in [0.2, 0.25) is 0 Å². The first kappa shape index (κ1) is 27.6. The van der Waals surface area contributed by atoms with Gasteiger partial charge in [-0.15, -0.1) is 0 Å². The maximum Gasteiger partial charge on any atom is 0.427 e. The molecule has 0 fully saturated rings. The van der Waals surface area contributed by atoms with E-state index in [1.54, 1.807) is 45.0 Å². The molecule has 0 atom stereocenters. The molecule has 4 nitrogen and oxygen atoms in total. The van der Waals surface area contributed by atoms with Gasteiger partial charge in [-0.3, -0.25) is 4.79 Å². The largest absolute Gasteiger partial charge is 0.483 e. The van der Waals surface area contributed by atoms with E-state index in [1.165, 1.54) is 0 Å². The number of hydrogen-bond acceptors (Lipinski definition) is 5. The number of hydrogen-bond donors (Lipinski definition) is 0. The zero-order valence-electron chi connectivity index (χ0n) is 20.3. The highest BCUT2D eigenvalue weighted by Gasteiger charge is 2.38. The Bertz CT molecular complexity index is 1190. The van der Waals surface area contributed by atoms with Crippen LogP contribution >= 0.6 is 11.5 Å².